The number of benzene rings is 1. The number of imidazole rings is 1. The van der Waals surface area contributed by atoms with E-state index >= 15 is 0 Å². The molecule has 27 heavy (non-hydrogen) atoms. The number of H-pyrrole nitrogens is 1. The van der Waals surface area contributed by atoms with Gasteiger partial charge in [-0.05, 0) is 37.8 Å². The molecule has 0 spiro atoms. The van der Waals surface area contributed by atoms with Gasteiger partial charge in [0.2, 0.25) is 0 Å². The number of aromatic amines is 1. The van der Waals surface area contributed by atoms with Crippen molar-refractivity contribution in [3.05, 3.63) is 41.9 Å². The lowest BCUT2D eigenvalue weighted by Crippen LogP contribution is -2.40. The van der Waals surface area contributed by atoms with Gasteiger partial charge in [-0.2, -0.15) is 0 Å². The lowest BCUT2D eigenvalue weighted by Gasteiger charge is -2.31. The predicted octanol–water partition coefficient (Wildman–Crippen LogP) is 3.20. The van der Waals surface area contributed by atoms with Crippen molar-refractivity contribution in [3.63, 3.8) is 0 Å². The molecule has 4 rings (SSSR count). The summed E-state index contributed by atoms with van der Waals surface area (Å²) in [6, 6.07) is 7.95. The standard InChI is InChI=1S/C19H22ClN5O2/c20-15-5-1-2-6-16(15)27-10-14-8-7-13(4-3-9-26)25(14)19-17-18(22-11-21-17)23-12-24-19/h1-2,5-6,11-14,26H,3-4,7-10H2,(H,21,22,23,24)/t13-,14-/m1/s1. The predicted molar refractivity (Wildman–Crippen MR) is 104 cm³/mol. The fourth-order valence-corrected chi connectivity index (χ4v) is 3.97. The molecular formula is C19H22ClN5O2. The van der Waals surface area contributed by atoms with Crippen molar-refractivity contribution in [2.45, 2.75) is 37.8 Å². The molecular weight excluding hydrogens is 366 g/mol. The van der Waals surface area contributed by atoms with Crippen LogP contribution in [0.4, 0.5) is 5.82 Å². The molecule has 0 saturated carbocycles. The molecule has 0 amide bonds. The first kappa shape index (κ1) is 18.0. The van der Waals surface area contributed by atoms with Gasteiger partial charge in [0, 0.05) is 12.6 Å². The summed E-state index contributed by atoms with van der Waals surface area (Å²) in [5, 5.41) is 9.88. The van der Waals surface area contributed by atoms with Crippen LogP contribution in [-0.2, 0) is 0 Å². The summed E-state index contributed by atoms with van der Waals surface area (Å²) in [6.45, 7) is 0.702. The average Bonchev–Trinajstić information content (AvgIpc) is 3.32. The summed E-state index contributed by atoms with van der Waals surface area (Å²) < 4.78 is 6.03. The van der Waals surface area contributed by atoms with Crippen molar-refractivity contribution in [3.8, 4) is 5.75 Å². The van der Waals surface area contributed by atoms with E-state index in [1.54, 1.807) is 12.7 Å². The van der Waals surface area contributed by atoms with Gasteiger partial charge in [-0.1, -0.05) is 23.7 Å². The van der Waals surface area contributed by atoms with Gasteiger partial charge in [-0.15, -0.1) is 0 Å². The summed E-state index contributed by atoms with van der Waals surface area (Å²) in [4.78, 5) is 18.5. The number of aliphatic hydroxyl groups is 1. The van der Waals surface area contributed by atoms with Crippen LogP contribution >= 0.6 is 11.6 Å². The smallest absolute Gasteiger partial charge is 0.182 e. The van der Waals surface area contributed by atoms with E-state index in [-0.39, 0.29) is 12.6 Å². The summed E-state index contributed by atoms with van der Waals surface area (Å²) in [5.74, 6) is 1.53. The number of aliphatic hydroxyl groups excluding tert-OH is 1. The molecule has 0 radical (unpaired) electrons. The molecule has 142 valence electrons. The number of ether oxygens (including phenoxy) is 1. The van der Waals surface area contributed by atoms with E-state index in [0.29, 0.717) is 29.1 Å². The molecule has 0 aliphatic carbocycles. The average molecular weight is 388 g/mol. The van der Waals surface area contributed by atoms with Gasteiger partial charge >= 0.3 is 0 Å². The first-order chi connectivity index (χ1) is 13.3. The van der Waals surface area contributed by atoms with Crippen LogP contribution in [-0.4, -0.2) is 50.3 Å². The van der Waals surface area contributed by atoms with Crippen LogP contribution in [0.5, 0.6) is 5.75 Å². The number of aromatic nitrogens is 4. The Labute approximate surface area is 162 Å². The molecule has 0 unspecified atom stereocenters. The van der Waals surface area contributed by atoms with E-state index in [1.807, 2.05) is 24.3 Å². The summed E-state index contributed by atoms with van der Waals surface area (Å²) in [6.07, 6.45) is 6.86. The molecule has 1 fully saturated rings. The minimum absolute atomic E-state index is 0.159. The highest BCUT2D eigenvalue weighted by atomic mass is 35.5. The monoisotopic (exact) mass is 387 g/mol. The number of hydrogen-bond donors (Lipinski definition) is 2. The van der Waals surface area contributed by atoms with E-state index in [4.69, 9.17) is 16.3 Å². The van der Waals surface area contributed by atoms with Crippen molar-refractivity contribution in [2.75, 3.05) is 18.1 Å². The second kappa shape index (κ2) is 8.10. The molecule has 0 bridgehead atoms. The lowest BCUT2D eigenvalue weighted by molar-refractivity contribution is 0.275. The number of anilines is 1. The summed E-state index contributed by atoms with van der Waals surface area (Å²) >= 11 is 6.22. The number of hydrogen-bond acceptors (Lipinski definition) is 6. The van der Waals surface area contributed by atoms with E-state index < -0.39 is 0 Å². The third-order valence-corrected chi connectivity index (χ3v) is 5.34. The number of fused-ring (bicyclic) bond motifs is 1. The minimum Gasteiger partial charge on any atom is -0.490 e. The Morgan fingerprint density at radius 3 is 2.89 bits per heavy atom. The van der Waals surface area contributed by atoms with Gasteiger partial charge in [0.15, 0.2) is 11.5 Å². The zero-order valence-electron chi connectivity index (χ0n) is 14.9. The number of nitrogens with one attached hydrogen (secondary N) is 1. The van der Waals surface area contributed by atoms with Gasteiger partial charge in [0.1, 0.15) is 24.2 Å². The molecule has 1 aliphatic rings. The fraction of sp³-hybridized carbons (Fsp3) is 0.421. The third-order valence-electron chi connectivity index (χ3n) is 5.03. The highest BCUT2D eigenvalue weighted by Crippen LogP contribution is 2.35. The third kappa shape index (κ3) is 3.70. The van der Waals surface area contributed by atoms with Crippen LogP contribution in [0, 0.1) is 0 Å². The maximum atomic E-state index is 9.27. The topological polar surface area (TPSA) is 87.2 Å². The molecule has 2 N–H and O–H groups in total. The quantitative estimate of drug-likeness (QED) is 0.647. The summed E-state index contributed by atoms with van der Waals surface area (Å²) in [5.41, 5.74) is 1.48. The van der Waals surface area contributed by atoms with E-state index in [0.717, 1.165) is 37.0 Å². The molecule has 1 aromatic carbocycles. The molecule has 8 heteroatoms. The second-order valence-corrected chi connectivity index (χ2v) is 7.11. The molecule has 2 aromatic heterocycles. The van der Waals surface area contributed by atoms with Gasteiger partial charge in [0.25, 0.3) is 0 Å². The zero-order chi connectivity index (χ0) is 18.6. The van der Waals surface area contributed by atoms with Crippen molar-refractivity contribution in [2.24, 2.45) is 0 Å². The Hall–Kier alpha value is -2.38. The first-order valence-electron chi connectivity index (χ1n) is 9.18. The molecule has 1 saturated heterocycles. The number of halogens is 1. The Kier molecular flexibility index (Phi) is 5.40. The van der Waals surface area contributed by atoms with E-state index in [1.165, 1.54) is 0 Å². The Balaban J connectivity index is 1.60. The molecule has 3 aromatic rings. The van der Waals surface area contributed by atoms with Crippen molar-refractivity contribution < 1.29 is 9.84 Å². The lowest BCUT2D eigenvalue weighted by atomic mass is 10.1. The molecule has 7 nitrogen and oxygen atoms in total. The van der Waals surface area contributed by atoms with Crippen LogP contribution < -0.4 is 9.64 Å². The van der Waals surface area contributed by atoms with Gasteiger partial charge in [-0.25, -0.2) is 15.0 Å². The molecule has 1 aliphatic heterocycles. The highest BCUT2D eigenvalue weighted by Gasteiger charge is 2.36. The number of rotatable bonds is 7. The SMILES string of the molecule is OCCC[C@@H]1CC[C@H](COc2ccccc2Cl)N1c1ncnc2nc[nH]c12. The summed E-state index contributed by atoms with van der Waals surface area (Å²) in [7, 11) is 0. The van der Waals surface area contributed by atoms with Gasteiger partial charge < -0.3 is 19.7 Å². The fourth-order valence-electron chi connectivity index (χ4n) is 3.78. The Morgan fingerprint density at radius 2 is 2.04 bits per heavy atom. The Morgan fingerprint density at radius 1 is 1.19 bits per heavy atom. The van der Waals surface area contributed by atoms with Crippen molar-refractivity contribution in [1.29, 1.82) is 0 Å². The van der Waals surface area contributed by atoms with Crippen LogP contribution in [0.15, 0.2) is 36.9 Å². The Bertz CT molecular complexity index is 902. The van der Waals surface area contributed by atoms with Crippen molar-refractivity contribution >= 4 is 28.6 Å². The second-order valence-electron chi connectivity index (χ2n) is 6.70. The van der Waals surface area contributed by atoms with Gasteiger partial charge in [-0.3, -0.25) is 0 Å². The number of para-hydroxylation sites is 1. The maximum Gasteiger partial charge on any atom is 0.182 e. The van der Waals surface area contributed by atoms with Crippen LogP contribution in [0.25, 0.3) is 11.2 Å². The van der Waals surface area contributed by atoms with Crippen LogP contribution in [0.3, 0.4) is 0 Å². The molecule has 3 heterocycles. The number of nitrogens with zero attached hydrogens (tertiary/aromatic N) is 4. The van der Waals surface area contributed by atoms with E-state index in [9.17, 15) is 5.11 Å². The van der Waals surface area contributed by atoms with Crippen molar-refractivity contribution in [1.82, 2.24) is 19.9 Å². The normalized spacial score (nSPS) is 19.7. The molecule has 2 atom stereocenters. The largest absolute Gasteiger partial charge is 0.490 e. The van der Waals surface area contributed by atoms with E-state index in [2.05, 4.69) is 24.8 Å². The highest BCUT2D eigenvalue weighted by molar-refractivity contribution is 6.32. The van der Waals surface area contributed by atoms with Gasteiger partial charge in [0.05, 0.1) is 17.4 Å². The minimum atomic E-state index is 0.159. The van der Waals surface area contributed by atoms with Crippen LogP contribution in [0.1, 0.15) is 25.7 Å². The zero-order valence-corrected chi connectivity index (χ0v) is 15.6. The maximum absolute atomic E-state index is 9.27. The van der Waals surface area contributed by atoms with Crippen LogP contribution in [0.2, 0.25) is 5.02 Å². The first-order valence-corrected chi connectivity index (χ1v) is 9.56.